The zero-order valence-corrected chi connectivity index (χ0v) is 9.63. The zero-order chi connectivity index (χ0) is 11.2. The third-order valence-corrected chi connectivity index (χ3v) is 3.99. The van der Waals surface area contributed by atoms with E-state index in [9.17, 15) is 0 Å². The largest absolute Gasteiger partial charge is 0.365 e. The number of rotatable bonds is 1. The second-order valence-electron chi connectivity index (χ2n) is 4.99. The van der Waals surface area contributed by atoms with Crippen LogP contribution in [0.15, 0.2) is 36.5 Å². The molecule has 3 nitrogen and oxygen atoms in total. The second-order valence-corrected chi connectivity index (χ2v) is 4.99. The number of para-hydroxylation sites is 1. The molecule has 4 rings (SSSR count). The van der Waals surface area contributed by atoms with Gasteiger partial charge in [-0.1, -0.05) is 18.2 Å². The van der Waals surface area contributed by atoms with E-state index in [0.717, 1.165) is 18.6 Å². The van der Waals surface area contributed by atoms with Crippen molar-refractivity contribution in [2.75, 3.05) is 18.0 Å². The van der Waals surface area contributed by atoms with Gasteiger partial charge in [0.15, 0.2) is 0 Å². The van der Waals surface area contributed by atoms with Crippen LogP contribution in [0.5, 0.6) is 0 Å². The number of anilines is 1. The van der Waals surface area contributed by atoms with Crippen LogP contribution in [0.3, 0.4) is 0 Å². The lowest BCUT2D eigenvalue weighted by Crippen LogP contribution is -2.43. The van der Waals surface area contributed by atoms with Crippen LogP contribution in [-0.2, 0) is 0 Å². The average molecular weight is 225 g/mol. The Labute approximate surface area is 100 Å². The summed E-state index contributed by atoms with van der Waals surface area (Å²) in [5.74, 6) is 0. The van der Waals surface area contributed by atoms with Gasteiger partial charge < -0.3 is 10.2 Å². The Morgan fingerprint density at radius 2 is 2.18 bits per heavy atom. The molecule has 2 aliphatic heterocycles. The van der Waals surface area contributed by atoms with Crippen LogP contribution in [-0.4, -0.2) is 30.2 Å². The minimum atomic E-state index is 0.672. The summed E-state index contributed by atoms with van der Waals surface area (Å²) in [6.45, 7) is 2.26. The van der Waals surface area contributed by atoms with Crippen molar-refractivity contribution >= 4 is 16.6 Å². The molecule has 2 saturated heterocycles. The van der Waals surface area contributed by atoms with Crippen LogP contribution < -0.4 is 10.2 Å². The molecule has 2 bridgehead atoms. The highest BCUT2D eigenvalue weighted by atomic mass is 15.3. The molecule has 1 aromatic heterocycles. The fraction of sp³-hybridized carbons (Fsp3) is 0.357. The highest BCUT2D eigenvalue weighted by molar-refractivity contribution is 5.91. The summed E-state index contributed by atoms with van der Waals surface area (Å²) in [5, 5.41) is 4.83. The van der Waals surface area contributed by atoms with E-state index in [0.29, 0.717) is 12.1 Å². The van der Waals surface area contributed by atoms with Gasteiger partial charge in [-0.25, -0.2) is 0 Å². The maximum atomic E-state index is 4.43. The van der Waals surface area contributed by atoms with E-state index in [4.69, 9.17) is 0 Å². The van der Waals surface area contributed by atoms with Gasteiger partial charge in [0, 0.05) is 42.4 Å². The van der Waals surface area contributed by atoms with Crippen molar-refractivity contribution in [3.63, 3.8) is 0 Å². The highest BCUT2D eigenvalue weighted by Gasteiger charge is 2.37. The molecule has 2 aliphatic rings. The molecule has 0 amide bonds. The predicted molar refractivity (Wildman–Crippen MR) is 69.3 cm³/mol. The monoisotopic (exact) mass is 225 g/mol. The van der Waals surface area contributed by atoms with Crippen molar-refractivity contribution in [1.82, 2.24) is 10.3 Å². The van der Waals surface area contributed by atoms with Crippen molar-refractivity contribution in [3.8, 4) is 0 Å². The number of nitrogens with one attached hydrogen (secondary N) is 1. The molecule has 2 aromatic rings. The van der Waals surface area contributed by atoms with E-state index in [-0.39, 0.29) is 0 Å². The fourth-order valence-corrected chi connectivity index (χ4v) is 3.19. The standard InChI is InChI=1S/C14H15N3/c1-2-4-13-12(3-1)14(5-6-15-13)17-9-10-7-11(17)8-16-10/h1-6,10-11,16H,7-9H2/t10-,11-/m0/s1. The van der Waals surface area contributed by atoms with Crippen molar-refractivity contribution in [3.05, 3.63) is 36.5 Å². The van der Waals surface area contributed by atoms with Crippen molar-refractivity contribution in [2.24, 2.45) is 0 Å². The smallest absolute Gasteiger partial charge is 0.0722 e. The van der Waals surface area contributed by atoms with E-state index >= 15 is 0 Å². The normalized spacial score (nSPS) is 26.9. The molecule has 0 unspecified atom stereocenters. The summed E-state index contributed by atoms with van der Waals surface area (Å²) in [6.07, 6.45) is 3.22. The maximum Gasteiger partial charge on any atom is 0.0722 e. The minimum absolute atomic E-state index is 0.672. The third kappa shape index (κ3) is 1.35. The summed E-state index contributed by atoms with van der Waals surface area (Å²) in [4.78, 5) is 6.98. The molecule has 2 fully saturated rings. The Hall–Kier alpha value is -1.61. The number of pyridine rings is 1. The van der Waals surface area contributed by atoms with Crippen LogP contribution in [0, 0.1) is 0 Å². The molecule has 0 aliphatic carbocycles. The molecule has 1 aromatic carbocycles. The molecule has 3 heterocycles. The van der Waals surface area contributed by atoms with Gasteiger partial charge in [-0.2, -0.15) is 0 Å². The van der Waals surface area contributed by atoms with Gasteiger partial charge in [-0.3, -0.25) is 4.98 Å². The number of hydrogen-bond donors (Lipinski definition) is 1. The fourth-order valence-electron chi connectivity index (χ4n) is 3.19. The summed E-state index contributed by atoms with van der Waals surface area (Å²) in [7, 11) is 0. The quantitative estimate of drug-likeness (QED) is 0.802. The summed E-state index contributed by atoms with van der Waals surface area (Å²) in [6, 6.07) is 11.9. The van der Waals surface area contributed by atoms with Gasteiger partial charge in [-0.05, 0) is 18.6 Å². The maximum absolute atomic E-state index is 4.43. The van der Waals surface area contributed by atoms with E-state index < -0.39 is 0 Å². The van der Waals surface area contributed by atoms with Gasteiger partial charge >= 0.3 is 0 Å². The number of piperazine rings is 1. The number of fused-ring (bicyclic) bond motifs is 3. The molecule has 2 atom stereocenters. The molecule has 3 heteroatoms. The molecule has 1 N–H and O–H groups in total. The molecule has 86 valence electrons. The first-order valence-corrected chi connectivity index (χ1v) is 6.25. The Balaban J connectivity index is 1.85. The SMILES string of the molecule is c1ccc2c(N3C[C@@H]4C[C@H]3CN4)ccnc2c1. The minimum Gasteiger partial charge on any atom is -0.365 e. The van der Waals surface area contributed by atoms with Crippen molar-refractivity contribution in [2.45, 2.75) is 18.5 Å². The summed E-state index contributed by atoms with van der Waals surface area (Å²) in [5.41, 5.74) is 2.45. The molecule has 17 heavy (non-hydrogen) atoms. The number of aromatic nitrogens is 1. The Kier molecular flexibility index (Phi) is 1.91. The molecular weight excluding hydrogens is 210 g/mol. The zero-order valence-electron chi connectivity index (χ0n) is 9.63. The van der Waals surface area contributed by atoms with Crippen LogP contribution in [0.25, 0.3) is 10.9 Å². The van der Waals surface area contributed by atoms with E-state index in [2.05, 4.69) is 45.5 Å². The van der Waals surface area contributed by atoms with E-state index in [1.807, 2.05) is 6.20 Å². The number of hydrogen-bond acceptors (Lipinski definition) is 3. The summed E-state index contributed by atoms with van der Waals surface area (Å²) < 4.78 is 0. The molecule has 0 spiro atoms. The lowest BCUT2D eigenvalue weighted by molar-refractivity contribution is 0.581. The first kappa shape index (κ1) is 9.42. The van der Waals surface area contributed by atoms with Gasteiger partial charge in [0.2, 0.25) is 0 Å². The molecular formula is C14H15N3. The Bertz CT molecular complexity index is 561. The highest BCUT2D eigenvalue weighted by Crippen LogP contribution is 2.33. The van der Waals surface area contributed by atoms with Gasteiger partial charge in [0.25, 0.3) is 0 Å². The van der Waals surface area contributed by atoms with Crippen molar-refractivity contribution in [1.29, 1.82) is 0 Å². The Morgan fingerprint density at radius 1 is 1.24 bits per heavy atom. The van der Waals surface area contributed by atoms with Gasteiger partial charge in [-0.15, -0.1) is 0 Å². The van der Waals surface area contributed by atoms with Crippen LogP contribution >= 0.6 is 0 Å². The summed E-state index contributed by atoms with van der Waals surface area (Å²) >= 11 is 0. The van der Waals surface area contributed by atoms with Crippen LogP contribution in [0.4, 0.5) is 5.69 Å². The number of nitrogens with zero attached hydrogens (tertiary/aromatic N) is 2. The van der Waals surface area contributed by atoms with Gasteiger partial charge in [0.1, 0.15) is 0 Å². The Morgan fingerprint density at radius 3 is 3.00 bits per heavy atom. The second kappa shape index (κ2) is 3.44. The van der Waals surface area contributed by atoms with E-state index in [1.54, 1.807) is 0 Å². The van der Waals surface area contributed by atoms with Crippen molar-refractivity contribution < 1.29 is 0 Å². The topological polar surface area (TPSA) is 28.2 Å². The van der Waals surface area contributed by atoms with Crippen LogP contribution in [0.1, 0.15) is 6.42 Å². The first-order chi connectivity index (χ1) is 8.42. The predicted octanol–water partition coefficient (Wildman–Crippen LogP) is 1.79. The third-order valence-electron chi connectivity index (χ3n) is 3.99. The van der Waals surface area contributed by atoms with E-state index in [1.165, 1.54) is 17.5 Å². The lowest BCUT2D eigenvalue weighted by atomic mass is 10.1. The number of benzene rings is 1. The first-order valence-electron chi connectivity index (χ1n) is 6.25. The van der Waals surface area contributed by atoms with Gasteiger partial charge in [0.05, 0.1) is 5.52 Å². The lowest BCUT2D eigenvalue weighted by Gasteiger charge is -2.30. The molecule has 0 saturated carbocycles. The van der Waals surface area contributed by atoms with Crippen LogP contribution in [0.2, 0.25) is 0 Å². The molecule has 0 radical (unpaired) electrons. The average Bonchev–Trinajstić information content (AvgIpc) is 3.00.